The maximum Gasteiger partial charge on any atom is 0.407 e. The molecule has 1 aromatic rings. The van der Waals surface area contributed by atoms with E-state index in [0.29, 0.717) is 18.7 Å². The van der Waals surface area contributed by atoms with Crippen LogP contribution in [0.25, 0.3) is 0 Å². The predicted molar refractivity (Wildman–Crippen MR) is 71.4 cm³/mol. The van der Waals surface area contributed by atoms with Crippen LogP contribution in [0.4, 0.5) is 10.5 Å². The van der Waals surface area contributed by atoms with Gasteiger partial charge in [0.15, 0.2) is 0 Å². The van der Waals surface area contributed by atoms with E-state index in [1.165, 1.54) is 17.5 Å². The third-order valence-corrected chi connectivity index (χ3v) is 6.15. The lowest BCUT2D eigenvalue weighted by atomic mass is 10.3. The molecule has 0 bridgehead atoms. The molecule has 1 aliphatic heterocycles. The summed E-state index contributed by atoms with van der Waals surface area (Å²) < 4.78 is 30.6. The molecule has 0 aromatic carbocycles. The lowest BCUT2D eigenvalue weighted by Gasteiger charge is -2.15. The van der Waals surface area contributed by atoms with Crippen molar-refractivity contribution in [3.8, 4) is 0 Å². The number of methoxy groups -OCH3 is 1. The Kier molecular flexibility index (Phi) is 3.97. The molecule has 3 N–H and O–H groups in total. The molecule has 0 spiro atoms. The van der Waals surface area contributed by atoms with Gasteiger partial charge in [0.05, 0.1) is 7.11 Å². The number of thiophene rings is 1. The van der Waals surface area contributed by atoms with E-state index in [4.69, 9.17) is 5.73 Å². The number of sulfonamides is 1. The van der Waals surface area contributed by atoms with Crippen molar-refractivity contribution >= 4 is 33.1 Å². The summed E-state index contributed by atoms with van der Waals surface area (Å²) in [5.74, 6) is 0. The number of anilines is 1. The van der Waals surface area contributed by atoms with Gasteiger partial charge >= 0.3 is 6.09 Å². The summed E-state index contributed by atoms with van der Waals surface area (Å²) in [5, 5.41) is 4.19. The van der Waals surface area contributed by atoms with Crippen LogP contribution in [-0.4, -0.2) is 45.1 Å². The van der Waals surface area contributed by atoms with Crippen molar-refractivity contribution in [2.45, 2.75) is 16.7 Å². The van der Waals surface area contributed by atoms with Gasteiger partial charge in [0.25, 0.3) is 10.0 Å². The summed E-state index contributed by atoms with van der Waals surface area (Å²) in [6, 6.07) is 1.22. The van der Waals surface area contributed by atoms with Crippen LogP contribution in [0.5, 0.6) is 0 Å². The summed E-state index contributed by atoms with van der Waals surface area (Å²) in [6.07, 6.45) is 0.0134. The highest BCUT2D eigenvalue weighted by molar-refractivity contribution is 7.91. The topological polar surface area (TPSA) is 102 Å². The summed E-state index contributed by atoms with van der Waals surface area (Å²) in [4.78, 5) is 11.1. The minimum absolute atomic E-state index is 0.223. The van der Waals surface area contributed by atoms with Crippen LogP contribution >= 0.6 is 11.3 Å². The first-order chi connectivity index (χ1) is 8.93. The molecule has 106 valence electrons. The minimum atomic E-state index is -3.51. The number of nitrogens with one attached hydrogen (secondary N) is 1. The van der Waals surface area contributed by atoms with Gasteiger partial charge in [-0.3, -0.25) is 0 Å². The first-order valence-electron chi connectivity index (χ1n) is 5.62. The number of carbonyl (C=O) groups excluding carboxylic acids is 1. The second kappa shape index (κ2) is 5.35. The van der Waals surface area contributed by atoms with Gasteiger partial charge in [-0.1, -0.05) is 0 Å². The monoisotopic (exact) mass is 305 g/mol. The van der Waals surface area contributed by atoms with Crippen LogP contribution in [0.1, 0.15) is 6.42 Å². The molecule has 1 fully saturated rings. The van der Waals surface area contributed by atoms with Crippen molar-refractivity contribution in [1.29, 1.82) is 0 Å². The Morgan fingerprint density at radius 1 is 1.63 bits per heavy atom. The first kappa shape index (κ1) is 14.1. The second-order valence-corrected chi connectivity index (χ2v) is 7.26. The van der Waals surface area contributed by atoms with E-state index in [0.717, 1.165) is 11.3 Å². The molecule has 1 aromatic heterocycles. The van der Waals surface area contributed by atoms with Gasteiger partial charge in [-0.05, 0) is 12.5 Å². The molecular formula is C10H15N3O4S2. The number of rotatable bonds is 3. The molecule has 2 rings (SSSR count). The normalized spacial score (nSPS) is 20.4. The van der Waals surface area contributed by atoms with E-state index in [1.54, 1.807) is 5.38 Å². The van der Waals surface area contributed by atoms with E-state index >= 15 is 0 Å². The number of hydrogen-bond acceptors (Lipinski definition) is 6. The molecule has 7 nitrogen and oxygen atoms in total. The zero-order chi connectivity index (χ0) is 14.0. The molecule has 19 heavy (non-hydrogen) atoms. The van der Waals surface area contributed by atoms with E-state index in [1.807, 2.05) is 0 Å². The fourth-order valence-electron chi connectivity index (χ4n) is 1.88. The van der Waals surface area contributed by atoms with Crippen LogP contribution in [0.2, 0.25) is 0 Å². The van der Waals surface area contributed by atoms with Gasteiger partial charge in [-0.15, -0.1) is 11.3 Å². The molecule has 0 aliphatic carbocycles. The maximum absolute atomic E-state index is 12.3. The standard InChI is InChI=1S/C10H15N3O4S2/c1-17-10(14)12-8-2-3-13(5-8)19(15,16)9-4-7(11)6-18-9/h4,6,8H,2-3,5,11H2,1H3,(H,12,14). The lowest BCUT2D eigenvalue weighted by Crippen LogP contribution is -2.38. The zero-order valence-electron chi connectivity index (χ0n) is 10.3. The van der Waals surface area contributed by atoms with Crippen molar-refractivity contribution in [2.75, 3.05) is 25.9 Å². The summed E-state index contributed by atoms with van der Waals surface area (Å²) in [6.45, 7) is 0.615. The van der Waals surface area contributed by atoms with Gasteiger partial charge in [-0.25, -0.2) is 13.2 Å². The van der Waals surface area contributed by atoms with Crippen molar-refractivity contribution in [2.24, 2.45) is 0 Å². The Labute approximate surface area is 115 Å². The van der Waals surface area contributed by atoms with Crippen LogP contribution < -0.4 is 11.1 Å². The molecule has 0 radical (unpaired) electrons. The molecule has 1 amide bonds. The van der Waals surface area contributed by atoms with Gasteiger partial charge in [0.1, 0.15) is 4.21 Å². The number of amides is 1. The third-order valence-electron chi connectivity index (χ3n) is 2.85. The molecule has 2 heterocycles. The van der Waals surface area contributed by atoms with Crippen LogP contribution in [-0.2, 0) is 14.8 Å². The third kappa shape index (κ3) is 2.99. The molecule has 1 unspecified atom stereocenters. The summed E-state index contributed by atoms with van der Waals surface area (Å²) in [5.41, 5.74) is 5.98. The fourth-order valence-corrected chi connectivity index (χ4v) is 4.62. The summed E-state index contributed by atoms with van der Waals surface area (Å²) in [7, 11) is -2.24. The van der Waals surface area contributed by atoms with E-state index in [-0.39, 0.29) is 16.8 Å². The fraction of sp³-hybridized carbons (Fsp3) is 0.500. The lowest BCUT2D eigenvalue weighted by molar-refractivity contribution is 0.167. The maximum atomic E-state index is 12.3. The predicted octanol–water partition coefficient (Wildman–Crippen LogP) is 0.449. The second-order valence-electron chi connectivity index (χ2n) is 4.18. The zero-order valence-corrected chi connectivity index (χ0v) is 12.0. The average molecular weight is 305 g/mol. The number of nitrogen functional groups attached to an aromatic ring is 1. The molecule has 1 atom stereocenters. The molecule has 0 saturated carbocycles. The van der Waals surface area contributed by atoms with Crippen molar-refractivity contribution in [3.05, 3.63) is 11.4 Å². The van der Waals surface area contributed by atoms with Gasteiger partial charge < -0.3 is 15.8 Å². The van der Waals surface area contributed by atoms with E-state index < -0.39 is 16.1 Å². The molecule has 1 saturated heterocycles. The number of ether oxygens (including phenoxy) is 1. The molecule has 9 heteroatoms. The van der Waals surface area contributed by atoms with E-state index in [9.17, 15) is 13.2 Å². The van der Waals surface area contributed by atoms with E-state index in [2.05, 4.69) is 10.1 Å². The first-order valence-corrected chi connectivity index (χ1v) is 7.94. The SMILES string of the molecule is COC(=O)NC1CCN(S(=O)(=O)c2cc(N)cs2)C1. The van der Waals surface area contributed by atoms with Crippen LogP contribution in [0.15, 0.2) is 15.7 Å². The van der Waals surface area contributed by atoms with Crippen molar-refractivity contribution in [1.82, 2.24) is 9.62 Å². The minimum Gasteiger partial charge on any atom is -0.453 e. The Morgan fingerprint density at radius 2 is 2.37 bits per heavy atom. The van der Waals surface area contributed by atoms with Crippen LogP contribution in [0.3, 0.4) is 0 Å². The van der Waals surface area contributed by atoms with Crippen molar-refractivity contribution < 1.29 is 17.9 Å². The Bertz CT molecular complexity index is 569. The number of nitrogens with two attached hydrogens (primary N) is 1. The highest BCUT2D eigenvalue weighted by Gasteiger charge is 2.34. The number of hydrogen-bond donors (Lipinski definition) is 2. The Morgan fingerprint density at radius 3 is 2.95 bits per heavy atom. The van der Waals surface area contributed by atoms with Crippen molar-refractivity contribution in [3.63, 3.8) is 0 Å². The smallest absolute Gasteiger partial charge is 0.407 e. The Hall–Kier alpha value is -1.32. The number of nitrogens with zero attached hydrogens (tertiary/aromatic N) is 1. The molecule has 1 aliphatic rings. The highest BCUT2D eigenvalue weighted by Crippen LogP contribution is 2.27. The molecular weight excluding hydrogens is 290 g/mol. The largest absolute Gasteiger partial charge is 0.453 e. The van der Waals surface area contributed by atoms with Gasteiger partial charge in [0, 0.05) is 30.2 Å². The van der Waals surface area contributed by atoms with Crippen LogP contribution in [0, 0.1) is 0 Å². The number of alkyl carbamates (subject to hydrolysis) is 1. The number of carbonyl (C=O) groups is 1. The van der Waals surface area contributed by atoms with Gasteiger partial charge in [0.2, 0.25) is 0 Å². The van der Waals surface area contributed by atoms with Gasteiger partial charge in [-0.2, -0.15) is 4.31 Å². The average Bonchev–Trinajstić information content (AvgIpc) is 2.98. The summed E-state index contributed by atoms with van der Waals surface area (Å²) >= 11 is 1.10. The quantitative estimate of drug-likeness (QED) is 0.844. The highest BCUT2D eigenvalue weighted by atomic mass is 32.2. The Balaban J connectivity index is 2.06.